The fourth-order valence-electron chi connectivity index (χ4n) is 1.54. The first kappa shape index (κ1) is 12.6. The smallest absolute Gasteiger partial charge is 0.258 e. The van der Waals surface area contributed by atoms with E-state index < -0.39 is 0 Å². The lowest BCUT2D eigenvalue weighted by atomic mass is 10.1. The Balaban J connectivity index is 2.34. The van der Waals surface area contributed by atoms with E-state index in [2.05, 4.69) is 28.1 Å². The van der Waals surface area contributed by atoms with Crippen LogP contribution in [0.15, 0.2) is 28.8 Å². The molecule has 0 aliphatic rings. The number of carbonyl (C=O) groups excluding carboxylic acids is 1. The van der Waals surface area contributed by atoms with Gasteiger partial charge in [-0.2, -0.15) is 17.6 Å². The van der Waals surface area contributed by atoms with Crippen molar-refractivity contribution in [2.75, 3.05) is 12.3 Å². The van der Waals surface area contributed by atoms with E-state index in [1.165, 1.54) is 0 Å². The summed E-state index contributed by atoms with van der Waals surface area (Å²) in [6, 6.07) is 7.12. The quantitative estimate of drug-likeness (QED) is 0.824. The molecule has 18 heavy (non-hydrogen) atoms. The van der Waals surface area contributed by atoms with Crippen LogP contribution in [0.4, 0.5) is 0 Å². The van der Waals surface area contributed by atoms with Crippen LogP contribution in [0.5, 0.6) is 0 Å². The first-order valence-corrected chi connectivity index (χ1v) is 6.14. The van der Waals surface area contributed by atoms with E-state index in [1.54, 1.807) is 25.1 Å². The summed E-state index contributed by atoms with van der Waals surface area (Å²) in [5.41, 5.74) is 1.15. The van der Waals surface area contributed by atoms with Gasteiger partial charge in [-0.1, -0.05) is 17.3 Å². The number of rotatable bonds is 4. The summed E-state index contributed by atoms with van der Waals surface area (Å²) >= 11 is 4.05. The minimum Gasteiger partial charge on any atom is -0.351 e. The maximum Gasteiger partial charge on any atom is 0.258 e. The lowest BCUT2D eigenvalue weighted by Crippen LogP contribution is -2.25. The summed E-state index contributed by atoms with van der Waals surface area (Å²) in [6.07, 6.45) is 0. The fraction of sp³-hybridized carbons (Fsp3) is 0.250. The van der Waals surface area contributed by atoms with Crippen molar-refractivity contribution in [3.63, 3.8) is 0 Å². The van der Waals surface area contributed by atoms with Crippen LogP contribution >= 0.6 is 12.6 Å². The number of nitrogens with one attached hydrogen (secondary N) is 1. The Morgan fingerprint density at radius 3 is 2.89 bits per heavy atom. The Labute approximate surface area is 110 Å². The van der Waals surface area contributed by atoms with Gasteiger partial charge in [0.15, 0.2) is 5.82 Å². The van der Waals surface area contributed by atoms with Crippen molar-refractivity contribution in [1.82, 2.24) is 15.5 Å². The van der Waals surface area contributed by atoms with Crippen molar-refractivity contribution in [3.05, 3.63) is 35.7 Å². The molecule has 1 amide bonds. The van der Waals surface area contributed by atoms with Gasteiger partial charge in [0.05, 0.1) is 11.1 Å². The normalized spacial score (nSPS) is 10.3. The molecule has 0 fully saturated rings. The number of nitrogens with zero attached hydrogens (tertiary/aromatic N) is 2. The molecular formula is C12H13N3O2S. The molecule has 0 unspecified atom stereocenters. The standard InChI is InChI=1S/C12H13N3O2S/c1-8-14-12(17-15-8)10-5-3-2-4-9(10)11(16)13-6-7-18/h2-5,18H,6-7H2,1H3,(H,13,16). The maximum atomic E-state index is 12.0. The van der Waals surface area contributed by atoms with Crippen LogP contribution in [-0.2, 0) is 0 Å². The third-order valence-electron chi connectivity index (χ3n) is 2.33. The summed E-state index contributed by atoms with van der Waals surface area (Å²) < 4.78 is 5.09. The number of aromatic nitrogens is 2. The molecule has 2 rings (SSSR count). The highest BCUT2D eigenvalue weighted by Crippen LogP contribution is 2.21. The predicted octanol–water partition coefficient (Wildman–Crippen LogP) is 1.70. The van der Waals surface area contributed by atoms with E-state index in [-0.39, 0.29) is 5.91 Å². The van der Waals surface area contributed by atoms with Gasteiger partial charge in [-0.05, 0) is 19.1 Å². The van der Waals surface area contributed by atoms with E-state index >= 15 is 0 Å². The second-order valence-electron chi connectivity index (χ2n) is 3.67. The molecule has 0 aliphatic heterocycles. The molecule has 94 valence electrons. The zero-order valence-corrected chi connectivity index (χ0v) is 10.8. The lowest BCUT2D eigenvalue weighted by molar-refractivity contribution is 0.0956. The number of thiol groups is 1. The largest absolute Gasteiger partial charge is 0.351 e. The van der Waals surface area contributed by atoms with Crippen molar-refractivity contribution in [3.8, 4) is 11.5 Å². The molecule has 5 nitrogen and oxygen atoms in total. The summed E-state index contributed by atoms with van der Waals surface area (Å²) in [7, 11) is 0. The summed E-state index contributed by atoms with van der Waals surface area (Å²) in [5, 5.41) is 6.49. The predicted molar refractivity (Wildman–Crippen MR) is 70.7 cm³/mol. The SMILES string of the molecule is Cc1noc(-c2ccccc2C(=O)NCCS)n1. The van der Waals surface area contributed by atoms with E-state index in [0.29, 0.717) is 35.1 Å². The Morgan fingerprint density at radius 2 is 2.22 bits per heavy atom. The Hall–Kier alpha value is -1.82. The molecule has 0 radical (unpaired) electrons. The monoisotopic (exact) mass is 263 g/mol. The van der Waals surface area contributed by atoms with Crippen LogP contribution in [-0.4, -0.2) is 28.3 Å². The van der Waals surface area contributed by atoms with Gasteiger partial charge < -0.3 is 9.84 Å². The number of benzene rings is 1. The highest BCUT2D eigenvalue weighted by Gasteiger charge is 2.15. The van der Waals surface area contributed by atoms with Gasteiger partial charge in [-0.15, -0.1) is 0 Å². The molecule has 0 aliphatic carbocycles. The molecule has 1 N–H and O–H groups in total. The Bertz CT molecular complexity index is 554. The van der Waals surface area contributed by atoms with E-state index in [1.807, 2.05) is 6.07 Å². The van der Waals surface area contributed by atoms with Crippen molar-refractivity contribution in [2.24, 2.45) is 0 Å². The van der Waals surface area contributed by atoms with E-state index in [9.17, 15) is 4.79 Å². The molecule has 2 aromatic rings. The highest BCUT2D eigenvalue weighted by atomic mass is 32.1. The summed E-state index contributed by atoms with van der Waals surface area (Å²) in [6.45, 7) is 2.25. The zero-order chi connectivity index (χ0) is 13.0. The average Bonchev–Trinajstić information content (AvgIpc) is 2.82. The fourth-order valence-corrected chi connectivity index (χ4v) is 1.65. The van der Waals surface area contributed by atoms with Gasteiger partial charge in [-0.25, -0.2) is 0 Å². The zero-order valence-electron chi connectivity index (χ0n) is 9.88. The molecule has 0 saturated carbocycles. The van der Waals surface area contributed by atoms with Crippen LogP contribution in [0.25, 0.3) is 11.5 Å². The van der Waals surface area contributed by atoms with Crippen LogP contribution in [0.1, 0.15) is 16.2 Å². The van der Waals surface area contributed by atoms with Gasteiger partial charge >= 0.3 is 0 Å². The number of amides is 1. The molecular weight excluding hydrogens is 250 g/mol. The average molecular weight is 263 g/mol. The summed E-state index contributed by atoms with van der Waals surface area (Å²) in [5.74, 6) is 1.31. The first-order valence-electron chi connectivity index (χ1n) is 5.51. The minimum absolute atomic E-state index is 0.171. The van der Waals surface area contributed by atoms with Crippen LogP contribution in [0.2, 0.25) is 0 Å². The van der Waals surface area contributed by atoms with E-state index in [0.717, 1.165) is 0 Å². The number of aryl methyl sites for hydroxylation is 1. The van der Waals surface area contributed by atoms with Gasteiger partial charge in [-0.3, -0.25) is 4.79 Å². The molecule has 1 aromatic carbocycles. The molecule has 1 heterocycles. The molecule has 0 spiro atoms. The van der Waals surface area contributed by atoms with Gasteiger partial charge in [0.1, 0.15) is 0 Å². The topological polar surface area (TPSA) is 68.0 Å². The minimum atomic E-state index is -0.171. The van der Waals surface area contributed by atoms with Crippen molar-refractivity contribution in [1.29, 1.82) is 0 Å². The van der Waals surface area contributed by atoms with Crippen molar-refractivity contribution >= 4 is 18.5 Å². The van der Waals surface area contributed by atoms with Gasteiger partial charge in [0.25, 0.3) is 11.8 Å². The molecule has 0 bridgehead atoms. The maximum absolute atomic E-state index is 12.0. The highest BCUT2D eigenvalue weighted by molar-refractivity contribution is 7.80. The Morgan fingerprint density at radius 1 is 1.44 bits per heavy atom. The second kappa shape index (κ2) is 5.68. The number of hydrogen-bond acceptors (Lipinski definition) is 5. The lowest BCUT2D eigenvalue weighted by Gasteiger charge is -2.06. The van der Waals surface area contributed by atoms with E-state index in [4.69, 9.17) is 4.52 Å². The van der Waals surface area contributed by atoms with Crippen LogP contribution in [0, 0.1) is 6.92 Å². The molecule has 0 saturated heterocycles. The van der Waals surface area contributed by atoms with Crippen molar-refractivity contribution in [2.45, 2.75) is 6.92 Å². The van der Waals surface area contributed by atoms with Crippen LogP contribution in [0.3, 0.4) is 0 Å². The van der Waals surface area contributed by atoms with Gasteiger partial charge in [0.2, 0.25) is 0 Å². The third kappa shape index (κ3) is 2.70. The molecule has 0 atom stereocenters. The van der Waals surface area contributed by atoms with Crippen molar-refractivity contribution < 1.29 is 9.32 Å². The second-order valence-corrected chi connectivity index (χ2v) is 4.12. The number of hydrogen-bond donors (Lipinski definition) is 2. The summed E-state index contributed by atoms with van der Waals surface area (Å²) in [4.78, 5) is 16.1. The first-order chi connectivity index (χ1) is 8.72. The number of carbonyl (C=O) groups is 1. The van der Waals surface area contributed by atoms with Gasteiger partial charge in [0, 0.05) is 12.3 Å². The third-order valence-corrected chi connectivity index (χ3v) is 2.55. The Kier molecular flexibility index (Phi) is 3.99. The van der Waals surface area contributed by atoms with Crippen LogP contribution < -0.4 is 5.32 Å². The molecule has 6 heteroatoms. The molecule has 1 aromatic heterocycles.